The van der Waals surface area contributed by atoms with E-state index in [-0.39, 0.29) is 5.54 Å². The van der Waals surface area contributed by atoms with Crippen LogP contribution in [0.2, 0.25) is 0 Å². The normalized spacial score (nSPS) is 24.0. The highest BCUT2D eigenvalue weighted by molar-refractivity contribution is 8.17. The minimum Gasteiger partial charge on any atom is -0.356 e. The zero-order valence-corrected chi connectivity index (χ0v) is 9.66. The van der Waals surface area contributed by atoms with E-state index in [1.807, 2.05) is 0 Å². The first-order chi connectivity index (χ1) is 6.03. The first kappa shape index (κ1) is 10.6. The number of nitrogens with one attached hydrogen (secondary N) is 1. The maximum absolute atomic E-state index is 4.48. The van der Waals surface area contributed by atoms with E-state index >= 15 is 0 Å². The predicted molar refractivity (Wildman–Crippen MR) is 61.2 cm³/mol. The van der Waals surface area contributed by atoms with Crippen molar-refractivity contribution in [1.29, 1.82) is 0 Å². The average molecular weight is 198 g/mol. The Hall–Kier alpha value is -0.440. The van der Waals surface area contributed by atoms with E-state index in [1.54, 1.807) is 11.8 Å². The van der Waals surface area contributed by atoms with E-state index < -0.39 is 0 Å². The number of rotatable bonds is 2. The summed E-state index contributed by atoms with van der Waals surface area (Å²) < 4.78 is 0. The first-order valence-corrected chi connectivity index (χ1v) is 5.55. The minimum atomic E-state index is 0.0574. The van der Waals surface area contributed by atoms with Crippen molar-refractivity contribution in [2.45, 2.75) is 39.7 Å². The molecule has 13 heavy (non-hydrogen) atoms. The lowest BCUT2D eigenvalue weighted by Crippen LogP contribution is -2.43. The summed E-state index contributed by atoms with van der Waals surface area (Å²) in [5.74, 6) is 0. The van der Waals surface area contributed by atoms with Gasteiger partial charge in [0.2, 0.25) is 0 Å². The Morgan fingerprint density at radius 3 is 2.77 bits per heavy atom. The van der Waals surface area contributed by atoms with Crippen LogP contribution >= 0.6 is 11.8 Å². The van der Waals surface area contributed by atoms with Gasteiger partial charge in [0.25, 0.3) is 0 Å². The van der Waals surface area contributed by atoms with Gasteiger partial charge in [-0.1, -0.05) is 24.8 Å². The molecule has 0 aromatic heterocycles. The molecule has 1 heterocycles. The van der Waals surface area contributed by atoms with Crippen LogP contribution in [0.15, 0.2) is 16.0 Å². The van der Waals surface area contributed by atoms with Crippen LogP contribution in [0.4, 0.5) is 0 Å². The summed E-state index contributed by atoms with van der Waals surface area (Å²) in [4.78, 5) is 5.81. The molecule has 1 aliphatic rings. The van der Waals surface area contributed by atoms with E-state index in [0.29, 0.717) is 0 Å². The van der Waals surface area contributed by atoms with Crippen LogP contribution in [0.25, 0.3) is 0 Å². The van der Waals surface area contributed by atoms with Gasteiger partial charge in [-0.2, -0.15) is 0 Å². The Labute approximate surface area is 84.9 Å². The Kier molecular flexibility index (Phi) is 3.42. The van der Waals surface area contributed by atoms with Gasteiger partial charge in [0.15, 0.2) is 5.17 Å². The molecule has 0 aliphatic carbocycles. The van der Waals surface area contributed by atoms with Crippen molar-refractivity contribution in [2.75, 3.05) is 6.54 Å². The van der Waals surface area contributed by atoms with E-state index in [2.05, 4.69) is 44.1 Å². The molecule has 0 atom stereocenters. The third kappa shape index (κ3) is 3.43. The summed E-state index contributed by atoms with van der Waals surface area (Å²) in [6.07, 6.45) is 3.34. The Morgan fingerprint density at radius 1 is 1.54 bits per heavy atom. The third-order valence-electron chi connectivity index (χ3n) is 1.73. The van der Waals surface area contributed by atoms with Crippen LogP contribution < -0.4 is 5.32 Å². The summed E-state index contributed by atoms with van der Waals surface area (Å²) in [7, 11) is 0. The molecule has 0 saturated carbocycles. The summed E-state index contributed by atoms with van der Waals surface area (Å²) in [5.41, 5.74) is 0.0574. The van der Waals surface area contributed by atoms with Gasteiger partial charge in [-0.15, -0.1) is 0 Å². The number of amidine groups is 1. The van der Waals surface area contributed by atoms with E-state index in [0.717, 1.165) is 18.1 Å². The van der Waals surface area contributed by atoms with Crippen LogP contribution in [-0.4, -0.2) is 17.3 Å². The molecule has 0 aromatic rings. The number of allylic oxidation sites excluding steroid dienone is 1. The Morgan fingerprint density at radius 2 is 2.23 bits per heavy atom. The summed E-state index contributed by atoms with van der Waals surface area (Å²) >= 11 is 1.73. The smallest absolute Gasteiger partial charge is 0.161 e. The number of nitrogens with zero attached hydrogens (tertiary/aromatic N) is 1. The van der Waals surface area contributed by atoms with Crippen molar-refractivity contribution in [3.05, 3.63) is 11.0 Å². The largest absolute Gasteiger partial charge is 0.356 e. The minimum absolute atomic E-state index is 0.0574. The fourth-order valence-electron chi connectivity index (χ4n) is 1.31. The van der Waals surface area contributed by atoms with Gasteiger partial charge in [0.1, 0.15) is 0 Å². The van der Waals surface area contributed by atoms with Gasteiger partial charge in [-0.25, -0.2) is 0 Å². The fourth-order valence-corrected chi connectivity index (χ4v) is 2.44. The molecule has 0 amide bonds. The lowest BCUT2D eigenvalue weighted by molar-refractivity contribution is 0.575. The molecule has 0 aromatic carbocycles. The van der Waals surface area contributed by atoms with E-state index in [4.69, 9.17) is 0 Å². The second-order valence-corrected chi connectivity index (χ2v) is 5.13. The molecule has 0 radical (unpaired) electrons. The monoisotopic (exact) mass is 198 g/mol. The zero-order valence-electron chi connectivity index (χ0n) is 8.85. The summed E-state index contributed by atoms with van der Waals surface area (Å²) in [5, 5.41) is 4.46. The lowest BCUT2D eigenvalue weighted by Gasteiger charge is -2.29. The highest BCUT2D eigenvalue weighted by Gasteiger charge is 2.21. The molecule has 0 saturated heterocycles. The van der Waals surface area contributed by atoms with Gasteiger partial charge in [-0.05, 0) is 32.1 Å². The zero-order chi connectivity index (χ0) is 9.90. The molecule has 1 aliphatic heterocycles. The van der Waals surface area contributed by atoms with Gasteiger partial charge < -0.3 is 5.32 Å². The van der Waals surface area contributed by atoms with Gasteiger partial charge in [0, 0.05) is 6.54 Å². The molecule has 0 spiro atoms. The third-order valence-corrected chi connectivity index (χ3v) is 2.59. The maximum atomic E-state index is 4.48. The fraction of sp³-hybridized carbons (Fsp3) is 0.700. The highest BCUT2D eigenvalue weighted by Crippen LogP contribution is 2.25. The van der Waals surface area contributed by atoms with Crippen molar-refractivity contribution in [3.63, 3.8) is 0 Å². The van der Waals surface area contributed by atoms with Crippen LogP contribution in [-0.2, 0) is 0 Å². The maximum Gasteiger partial charge on any atom is 0.161 e. The number of hydrogen-bond donors (Lipinski definition) is 1. The van der Waals surface area contributed by atoms with Crippen LogP contribution in [0.1, 0.15) is 34.1 Å². The summed E-state index contributed by atoms with van der Waals surface area (Å²) in [6, 6.07) is 0. The van der Waals surface area contributed by atoms with Gasteiger partial charge in [0.05, 0.1) is 5.54 Å². The quantitative estimate of drug-likeness (QED) is 0.738. The molecule has 74 valence electrons. The molecular formula is C10H18N2S. The van der Waals surface area contributed by atoms with Crippen molar-refractivity contribution in [3.8, 4) is 0 Å². The molecule has 3 heteroatoms. The Bertz CT molecular complexity index is 241. The number of thioether (sulfide) groups is 1. The standard InChI is InChI=1S/C10H18N2S/c1-5-6-11-9-12-10(3,4)7-8(2)13-9/h7H,5-6H2,1-4H3,(H,11,12). The van der Waals surface area contributed by atoms with Crippen molar-refractivity contribution >= 4 is 16.9 Å². The first-order valence-electron chi connectivity index (χ1n) is 4.73. The molecular weight excluding hydrogens is 180 g/mol. The molecule has 1 N–H and O–H groups in total. The van der Waals surface area contributed by atoms with Crippen LogP contribution in [0.3, 0.4) is 0 Å². The molecule has 2 nitrogen and oxygen atoms in total. The molecule has 0 bridgehead atoms. The number of hydrogen-bond acceptors (Lipinski definition) is 2. The van der Waals surface area contributed by atoms with Gasteiger partial charge >= 0.3 is 0 Å². The van der Waals surface area contributed by atoms with Crippen molar-refractivity contribution in [2.24, 2.45) is 4.99 Å². The Balaban J connectivity index is 2.69. The van der Waals surface area contributed by atoms with Crippen molar-refractivity contribution in [1.82, 2.24) is 5.32 Å². The second-order valence-electron chi connectivity index (χ2n) is 3.89. The van der Waals surface area contributed by atoms with Crippen LogP contribution in [0.5, 0.6) is 0 Å². The number of aliphatic imine (C=N–C) groups is 1. The molecule has 0 fully saturated rings. The van der Waals surface area contributed by atoms with E-state index in [1.165, 1.54) is 4.91 Å². The van der Waals surface area contributed by atoms with Gasteiger partial charge in [-0.3, -0.25) is 4.99 Å². The molecule has 0 unspecified atom stereocenters. The van der Waals surface area contributed by atoms with Crippen LogP contribution in [0, 0.1) is 0 Å². The average Bonchev–Trinajstić information content (AvgIpc) is 1.97. The SMILES string of the molecule is CCCN=C1NC(C)(C)C=C(C)S1. The second kappa shape index (κ2) is 4.18. The predicted octanol–water partition coefficient (Wildman–Crippen LogP) is 2.77. The van der Waals surface area contributed by atoms with E-state index in [9.17, 15) is 0 Å². The molecule has 1 rings (SSSR count). The highest BCUT2D eigenvalue weighted by atomic mass is 32.2. The topological polar surface area (TPSA) is 24.4 Å². The van der Waals surface area contributed by atoms with Crippen molar-refractivity contribution < 1.29 is 0 Å². The lowest BCUT2D eigenvalue weighted by atomic mass is 10.1. The summed E-state index contributed by atoms with van der Waals surface area (Å²) in [6.45, 7) is 9.52.